The SMILES string of the molecule is COC[C@H](N)C(=O)OC[C@H](CN(C(C)(C)C)S(C)(=O)=O)O[C@@H](C)C(C)(C)C. The molecule has 0 radical (unpaired) electrons. The van der Waals surface area contributed by atoms with Crippen molar-refractivity contribution in [3.63, 3.8) is 0 Å². The van der Waals surface area contributed by atoms with Crippen LogP contribution in [0.15, 0.2) is 0 Å². The summed E-state index contributed by atoms with van der Waals surface area (Å²) >= 11 is 0. The third-order valence-electron chi connectivity index (χ3n) is 4.19. The normalized spacial score (nSPS) is 16.9. The first-order valence-electron chi connectivity index (χ1n) is 9.04. The standard InChI is InChI=1S/C18H38N2O6S/c1-13(17(2,3)4)26-14(11-25-16(21)15(19)12-24-8)10-20(18(5,6)7)27(9,22)23/h13-15H,10-12,19H2,1-9H3/t13-,14-,15-/m0/s1. The Balaban J connectivity index is 5.37. The first-order chi connectivity index (χ1) is 12.0. The van der Waals surface area contributed by atoms with Crippen LogP contribution in [0.1, 0.15) is 48.5 Å². The molecule has 0 unspecified atom stereocenters. The van der Waals surface area contributed by atoms with Crippen LogP contribution in [0.2, 0.25) is 0 Å². The van der Waals surface area contributed by atoms with Crippen molar-refractivity contribution in [2.24, 2.45) is 11.1 Å². The van der Waals surface area contributed by atoms with Crippen LogP contribution in [0.4, 0.5) is 0 Å². The van der Waals surface area contributed by atoms with Gasteiger partial charge in [0, 0.05) is 19.2 Å². The lowest BCUT2D eigenvalue weighted by molar-refractivity contribution is -0.155. The fourth-order valence-electron chi connectivity index (χ4n) is 2.25. The maximum absolute atomic E-state index is 12.3. The quantitative estimate of drug-likeness (QED) is 0.542. The highest BCUT2D eigenvalue weighted by molar-refractivity contribution is 7.88. The molecule has 0 saturated heterocycles. The number of nitrogens with two attached hydrogens (primary N) is 1. The number of carbonyl (C=O) groups excluding carboxylic acids is 1. The predicted octanol–water partition coefficient (Wildman–Crippen LogP) is 1.38. The zero-order valence-corrected chi connectivity index (χ0v) is 19.1. The monoisotopic (exact) mass is 410 g/mol. The van der Waals surface area contributed by atoms with E-state index in [4.69, 9.17) is 19.9 Å². The van der Waals surface area contributed by atoms with Crippen LogP contribution < -0.4 is 5.73 Å². The van der Waals surface area contributed by atoms with E-state index in [1.807, 2.05) is 27.7 Å². The molecule has 27 heavy (non-hydrogen) atoms. The van der Waals surface area contributed by atoms with Crippen molar-refractivity contribution in [3.8, 4) is 0 Å². The summed E-state index contributed by atoms with van der Waals surface area (Å²) in [4.78, 5) is 12.0. The minimum Gasteiger partial charge on any atom is -0.462 e. The van der Waals surface area contributed by atoms with Crippen molar-refractivity contribution in [1.29, 1.82) is 0 Å². The van der Waals surface area contributed by atoms with Crippen LogP contribution in [-0.2, 0) is 29.0 Å². The Kier molecular flexibility index (Phi) is 9.88. The average molecular weight is 411 g/mol. The fraction of sp³-hybridized carbons (Fsp3) is 0.944. The Morgan fingerprint density at radius 2 is 1.63 bits per heavy atom. The Morgan fingerprint density at radius 3 is 2.00 bits per heavy atom. The maximum Gasteiger partial charge on any atom is 0.325 e. The van der Waals surface area contributed by atoms with Gasteiger partial charge in [0.15, 0.2) is 0 Å². The maximum atomic E-state index is 12.3. The minimum absolute atomic E-state index is 0.0419. The highest BCUT2D eigenvalue weighted by atomic mass is 32.2. The van der Waals surface area contributed by atoms with Crippen molar-refractivity contribution >= 4 is 16.0 Å². The molecular weight excluding hydrogens is 372 g/mol. The van der Waals surface area contributed by atoms with Crippen LogP contribution >= 0.6 is 0 Å². The van der Waals surface area contributed by atoms with Gasteiger partial charge in [-0.1, -0.05) is 20.8 Å². The highest BCUT2D eigenvalue weighted by Crippen LogP contribution is 2.25. The van der Waals surface area contributed by atoms with Gasteiger partial charge in [0.1, 0.15) is 18.8 Å². The molecule has 0 aliphatic rings. The van der Waals surface area contributed by atoms with E-state index in [9.17, 15) is 13.2 Å². The number of hydrogen-bond acceptors (Lipinski definition) is 7. The molecule has 0 heterocycles. The van der Waals surface area contributed by atoms with Gasteiger partial charge < -0.3 is 19.9 Å². The van der Waals surface area contributed by atoms with Crippen LogP contribution in [-0.4, -0.2) is 75.6 Å². The van der Waals surface area contributed by atoms with Gasteiger partial charge in [0.2, 0.25) is 10.0 Å². The second-order valence-electron chi connectivity index (χ2n) is 8.92. The molecule has 0 amide bonds. The number of ether oxygens (including phenoxy) is 3. The van der Waals surface area contributed by atoms with Crippen molar-refractivity contribution in [2.45, 2.75) is 72.3 Å². The van der Waals surface area contributed by atoms with Gasteiger partial charge in [0.25, 0.3) is 0 Å². The molecule has 0 aromatic carbocycles. The Morgan fingerprint density at radius 1 is 1.11 bits per heavy atom. The lowest BCUT2D eigenvalue weighted by Crippen LogP contribution is -2.51. The Labute approximate surface area is 164 Å². The Hall–Kier alpha value is -0.740. The van der Waals surface area contributed by atoms with Gasteiger partial charge in [-0.2, -0.15) is 4.31 Å². The van der Waals surface area contributed by atoms with Crippen LogP contribution in [0.25, 0.3) is 0 Å². The summed E-state index contributed by atoms with van der Waals surface area (Å²) in [5.74, 6) is -0.615. The summed E-state index contributed by atoms with van der Waals surface area (Å²) in [6.45, 7) is 13.4. The largest absolute Gasteiger partial charge is 0.462 e. The van der Waals surface area contributed by atoms with Gasteiger partial charge in [-0.3, -0.25) is 4.79 Å². The summed E-state index contributed by atoms with van der Waals surface area (Å²) in [7, 11) is -2.04. The second-order valence-corrected chi connectivity index (χ2v) is 10.8. The van der Waals surface area contributed by atoms with Gasteiger partial charge in [-0.15, -0.1) is 0 Å². The molecule has 0 fully saturated rings. The summed E-state index contributed by atoms with van der Waals surface area (Å²) in [6, 6.07) is -0.899. The smallest absolute Gasteiger partial charge is 0.325 e. The summed E-state index contributed by atoms with van der Waals surface area (Å²) in [5, 5.41) is 0. The molecule has 0 aliphatic heterocycles. The zero-order valence-electron chi connectivity index (χ0n) is 18.2. The van der Waals surface area contributed by atoms with E-state index in [0.29, 0.717) is 0 Å². The van der Waals surface area contributed by atoms with Crippen molar-refractivity contribution < 1.29 is 27.4 Å². The number of sulfonamides is 1. The second kappa shape index (κ2) is 10.2. The predicted molar refractivity (Wildman–Crippen MR) is 106 cm³/mol. The van der Waals surface area contributed by atoms with Crippen molar-refractivity contribution in [3.05, 3.63) is 0 Å². The zero-order chi connectivity index (χ0) is 21.6. The van der Waals surface area contributed by atoms with E-state index in [1.165, 1.54) is 11.4 Å². The summed E-state index contributed by atoms with van der Waals surface area (Å²) < 4.78 is 42.0. The van der Waals surface area contributed by atoms with Crippen LogP contribution in [0.3, 0.4) is 0 Å². The lowest BCUT2D eigenvalue weighted by atomic mass is 9.90. The molecule has 0 rings (SSSR count). The number of nitrogens with zero attached hydrogens (tertiary/aromatic N) is 1. The fourth-order valence-corrected chi connectivity index (χ4v) is 3.68. The third kappa shape index (κ3) is 9.84. The lowest BCUT2D eigenvalue weighted by Gasteiger charge is -2.38. The van der Waals surface area contributed by atoms with E-state index < -0.39 is 33.7 Å². The van der Waals surface area contributed by atoms with Gasteiger partial charge >= 0.3 is 5.97 Å². The number of carbonyl (C=O) groups is 1. The third-order valence-corrected chi connectivity index (χ3v) is 5.69. The molecule has 9 heteroatoms. The molecule has 162 valence electrons. The molecule has 0 aromatic heterocycles. The molecule has 0 bridgehead atoms. The summed E-state index contributed by atoms with van der Waals surface area (Å²) in [6.07, 6.45) is 0.338. The van der Waals surface area contributed by atoms with E-state index in [-0.39, 0.29) is 31.3 Å². The highest BCUT2D eigenvalue weighted by Gasteiger charge is 2.34. The molecular formula is C18H38N2O6S. The summed E-state index contributed by atoms with van der Waals surface area (Å²) in [5.41, 5.74) is 4.87. The van der Waals surface area contributed by atoms with E-state index in [1.54, 1.807) is 20.8 Å². The van der Waals surface area contributed by atoms with Crippen molar-refractivity contribution in [2.75, 3.05) is 33.1 Å². The van der Waals surface area contributed by atoms with E-state index in [2.05, 4.69) is 0 Å². The molecule has 3 atom stereocenters. The number of rotatable bonds is 10. The number of esters is 1. The van der Waals surface area contributed by atoms with Gasteiger partial charge in [-0.05, 0) is 33.1 Å². The molecule has 0 aromatic rings. The average Bonchev–Trinajstić information content (AvgIpc) is 2.45. The molecule has 0 spiro atoms. The van der Waals surface area contributed by atoms with Crippen LogP contribution in [0, 0.1) is 5.41 Å². The number of methoxy groups -OCH3 is 1. The topological polar surface area (TPSA) is 108 Å². The minimum atomic E-state index is -3.48. The first kappa shape index (κ1) is 26.3. The molecule has 8 nitrogen and oxygen atoms in total. The molecule has 2 N–H and O–H groups in total. The Bertz CT molecular complexity index is 565. The molecule has 0 aliphatic carbocycles. The number of hydrogen-bond donors (Lipinski definition) is 1. The van der Waals surface area contributed by atoms with Gasteiger partial charge in [-0.25, -0.2) is 8.42 Å². The first-order valence-corrected chi connectivity index (χ1v) is 10.9. The van der Waals surface area contributed by atoms with Crippen LogP contribution in [0.5, 0.6) is 0 Å². The molecule has 0 saturated carbocycles. The van der Waals surface area contributed by atoms with Gasteiger partial charge in [0.05, 0.1) is 19.0 Å². The van der Waals surface area contributed by atoms with E-state index in [0.717, 1.165) is 6.26 Å². The van der Waals surface area contributed by atoms with E-state index >= 15 is 0 Å². The van der Waals surface area contributed by atoms with Crippen molar-refractivity contribution in [1.82, 2.24) is 4.31 Å².